The highest BCUT2D eigenvalue weighted by Gasteiger charge is 2.16. The van der Waals surface area contributed by atoms with E-state index in [2.05, 4.69) is 4.98 Å². The van der Waals surface area contributed by atoms with E-state index in [1.165, 1.54) is 11.3 Å². The highest BCUT2D eigenvalue weighted by molar-refractivity contribution is 8.00. The number of thioether (sulfide) groups is 1. The van der Waals surface area contributed by atoms with Crippen molar-refractivity contribution in [1.82, 2.24) is 4.98 Å². The van der Waals surface area contributed by atoms with E-state index in [1.807, 2.05) is 18.6 Å². The third-order valence-corrected chi connectivity index (χ3v) is 5.20. The molecule has 1 N–H and O–H groups in total. The van der Waals surface area contributed by atoms with Crippen LogP contribution in [0.1, 0.15) is 15.4 Å². The van der Waals surface area contributed by atoms with Crippen LogP contribution in [-0.4, -0.2) is 22.3 Å². The number of carboxylic acid groups (broad SMARTS) is 1. The first kappa shape index (κ1) is 11.6. The second-order valence-corrected chi connectivity index (χ2v) is 6.10. The summed E-state index contributed by atoms with van der Waals surface area (Å²) in [6, 6.07) is 1.71. The lowest BCUT2D eigenvalue weighted by molar-refractivity contribution is 0.0702. The number of carbonyl (C=O) groups is 1. The van der Waals surface area contributed by atoms with Crippen molar-refractivity contribution in [2.75, 3.05) is 6.26 Å². The molecule has 2 aromatic rings. The van der Waals surface area contributed by atoms with Crippen LogP contribution in [0.5, 0.6) is 0 Å². The minimum absolute atomic E-state index is 0.368. The first-order chi connectivity index (χ1) is 7.61. The Kier molecular flexibility index (Phi) is 3.32. The fourth-order valence-electron chi connectivity index (χ4n) is 1.26. The molecule has 0 bridgehead atoms. The first-order valence-corrected chi connectivity index (χ1v) is 7.37. The van der Waals surface area contributed by atoms with Crippen molar-refractivity contribution in [2.24, 2.45) is 0 Å². The quantitative estimate of drug-likeness (QED) is 0.867. The van der Waals surface area contributed by atoms with E-state index in [4.69, 9.17) is 5.11 Å². The monoisotopic (exact) mass is 271 g/mol. The summed E-state index contributed by atoms with van der Waals surface area (Å²) >= 11 is 4.41. The van der Waals surface area contributed by atoms with Crippen LogP contribution in [0.2, 0.25) is 0 Å². The lowest BCUT2D eigenvalue weighted by Crippen LogP contribution is -1.89. The van der Waals surface area contributed by atoms with E-state index in [1.54, 1.807) is 29.2 Å². The fourth-order valence-corrected chi connectivity index (χ4v) is 3.91. The van der Waals surface area contributed by atoms with Crippen molar-refractivity contribution < 1.29 is 9.90 Å². The molecule has 0 saturated heterocycles. The summed E-state index contributed by atoms with van der Waals surface area (Å²) in [5.41, 5.74) is 1.91. The molecule has 6 heteroatoms. The van der Waals surface area contributed by atoms with Crippen molar-refractivity contribution in [3.8, 4) is 10.6 Å². The molecule has 0 amide bonds. The van der Waals surface area contributed by atoms with E-state index >= 15 is 0 Å². The highest BCUT2D eigenvalue weighted by atomic mass is 32.2. The molecule has 0 radical (unpaired) electrons. The van der Waals surface area contributed by atoms with Gasteiger partial charge >= 0.3 is 5.97 Å². The zero-order chi connectivity index (χ0) is 11.7. The van der Waals surface area contributed by atoms with Gasteiger partial charge in [0.25, 0.3) is 0 Å². The van der Waals surface area contributed by atoms with Crippen molar-refractivity contribution in [2.45, 2.75) is 11.1 Å². The molecule has 84 valence electrons. The summed E-state index contributed by atoms with van der Waals surface area (Å²) < 4.78 is 1.01. The number of aryl methyl sites for hydroxylation is 1. The van der Waals surface area contributed by atoms with E-state index < -0.39 is 5.97 Å². The number of nitrogens with zero attached hydrogens (tertiary/aromatic N) is 1. The second-order valence-electron chi connectivity index (χ2n) is 3.12. The number of thiophene rings is 1. The van der Waals surface area contributed by atoms with Crippen molar-refractivity contribution >= 4 is 40.4 Å². The van der Waals surface area contributed by atoms with Gasteiger partial charge in [0.2, 0.25) is 0 Å². The Morgan fingerprint density at radius 3 is 2.81 bits per heavy atom. The Balaban J connectivity index is 2.51. The third kappa shape index (κ3) is 2.14. The molecule has 0 aliphatic heterocycles. The van der Waals surface area contributed by atoms with Crippen LogP contribution >= 0.6 is 34.4 Å². The Hall–Kier alpha value is -0.850. The summed E-state index contributed by atoms with van der Waals surface area (Å²) in [5.74, 6) is -0.875. The lowest BCUT2D eigenvalue weighted by atomic mass is 10.3. The molecule has 0 atom stereocenters. The number of thiazole rings is 1. The number of hydrogen-bond donors (Lipinski definition) is 1. The van der Waals surface area contributed by atoms with Crippen molar-refractivity contribution in [3.05, 3.63) is 22.0 Å². The van der Waals surface area contributed by atoms with Gasteiger partial charge in [-0.05, 0) is 19.2 Å². The van der Waals surface area contributed by atoms with Gasteiger partial charge in [0.15, 0.2) is 0 Å². The van der Waals surface area contributed by atoms with Crippen LogP contribution in [0.15, 0.2) is 15.7 Å². The maximum absolute atomic E-state index is 10.9. The molecule has 0 aromatic carbocycles. The molecule has 2 aromatic heterocycles. The number of aromatic nitrogens is 1. The molecule has 2 rings (SSSR count). The van der Waals surface area contributed by atoms with Gasteiger partial charge in [-0.15, -0.1) is 34.4 Å². The van der Waals surface area contributed by atoms with Crippen molar-refractivity contribution in [3.63, 3.8) is 0 Å². The smallest absolute Gasteiger partial charge is 0.345 e. The molecular formula is C10H9NO2S3. The van der Waals surface area contributed by atoms with Crippen LogP contribution in [-0.2, 0) is 0 Å². The third-order valence-electron chi connectivity index (χ3n) is 1.94. The van der Waals surface area contributed by atoms with Gasteiger partial charge in [-0.1, -0.05) is 0 Å². The largest absolute Gasteiger partial charge is 0.477 e. The molecule has 16 heavy (non-hydrogen) atoms. The molecule has 0 spiro atoms. The van der Waals surface area contributed by atoms with Crippen LogP contribution in [0.25, 0.3) is 10.6 Å². The molecule has 0 fully saturated rings. The van der Waals surface area contributed by atoms with Gasteiger partial charge in [-0.25, -0.2) is 9.78 Å². The number of carboxylic acids is 1. The lowest BCUT2D eigenvalue weighted by Gasteiger charge is -1.94. The first-order valence-electron chi connectivity index (χ1n) is 4.45. The number of aromatic carboxylic acids is 1. The zero-order valence-electron chi connectivity index (χ0n) is 8.68. The van der Waals surface area contributed by atoms with Gasteiger partial charge in [0, 0.05) is 16.6 Å². The number of hydrogen-bond acceptors (Lipinski definition) is 5. The van der Waals surface area contributed by atoms with E-state index in [0.29, 0.717) is 4.88 Å². The standard InChI is InChI=1S/C10H9NO2S3/c1-5-4-15-8(11-5)6-3-7(9(12)13)16-10(6)14-2/h3-4H,1-2H3,(H,12,13). The van der Waals surface area contributed by atoms with Crippen LogP contribution in [0, 0.1) is 6.92 Å². The topological polar surface area (TPSA) is 50.2 Å². The molecule has 0 aliphatic rings. The van der Waals surface area contributed by atoms with E-state index in [9.17, 15) is 4.79 Å². The zero-order valence-corrected chi connectivity index (χ0v) is 11.1. The Labute approximate surface area is 105 Å². The molecule has 0 aliphatic carbocycles. The average Bonchev–Trinajstić information content (AvgIpc) is 2.82. The summed E-state index contributed by atoms with van der Waals surface area (Å²) in [7, 11) is 0. The van der Waals surface area contributed by atoms with Gasteiger partial charge in [0.05, 0.1) is 4.21 Å². The summed E-state index contributed by atoms with van der Waals surface area (Å²) in [4.78, 5) is 15.7. The Bertz CT molecular complexity index is 530. The van der Waals surface area contributed by atoms with Gasteiger partial charge < -0.3 is 5.11 Å². The SMILES string of the molecule is CSc1sc(C(=O)O)cc1-c1nc(C)cs1. The highest BCUT2D eigenvalue weighted by Crippen LogP contribution is 2.38. The minimum atomic E-state index is -0.875. The van der Waals surface area contributed by atoms with Gasteiger partial charge in [-0.3, -0.25) is 0 Å². The van der Waals surface area contributed by atoms with E-state index in [-0.39, 0.29) is 0 Å². The molecule has 2 heterocycles. The van der Waals surface area contributed by atoms with Crippen LogP contribution in [0.4, 0.5) is 0 Å². The predicted octanol–water partition coefficient (Wildman–Crippen LogP) is 3.60. The maximum atomic E-state index is 10.9. The number of rotatable bonds is 3. The van der Waals surface area contributed by atoms with Gasteiger partial charge in [-0.2, -0.15) is 0 Å². The van der Waals surface area contributed by atoms with Crippen LogP contribution in [0.3, 0.4) is 0 Å². The summed E-state index contributed by atoms with van der Waals surface area (Å²) in [6.45, 7) is 1.93. The fraction of sp³-hybridized carbons (Fsp3) is 0.200. The van der Waals surface area contributed by atoms with Crippen LogP contribution < -0.4 is 0 Å². The normalized spacial score (nSPS) is 10.6. The summed E-state index contributed by atoms with van der Waals surface area (Å²) in [5, 5.41) is 11.8. The maximum Gasteiger partial charge on any atom is 0.345 e. The molecule has 3 nitrogen and oxygen atoms in total. The van der Waals surface area contributed by atoms with Crippen molar-refractivity contribution in [1.29, 1.82) is 0 Å². The van der Waals surface area contributed by atoms with E-state index in [0.717, 1.165) is 20.5 Å². The average molecular weight is 271 g/mol. The minimum Gasteiger partial charge on any atom is -0.477 e. The Morgan fingerprint density at radius 1 is 1.56 bits per heavy atom. The summed E-state index contributed by atoms with van der Waals surface area (Å²) in [6.07, 6.45) is 1.95. The molecular weight excluding hydrogens is 262 g/mol. The van der Waals surface area contributed by atoms with Gasteiger partial charge in [0.1, 0.15) is 9.88 Å². The Morgan fingerprint density at radius 2 is 2.31 bits per heavy atom. The predicted molar refractivity (Wildman–Crippen MR) is 68.9 cm³/mol. The second kappa shape index (κ2) is 4.57. The molecule has 0 saturated carbocycles. The molecule has 0 unspecified atom stereocenters.